The van der Waals surface area contributed by atoms with E-state index in [0.29, 0.717) is 22.1 Å². The van der Waals surface area contributed by atoms with E-state index >= 15 is 0 Å². The van der Waals surface area contributed by atoms with Crippen LogP contribution in [0.4, 0.5) is 13.2 Å². The van der Waals surface area contributed by atoms with Gasteiger partial charge in [-0.2, -0.15) is 23.3 Å². The van der Waals surface area contributed by atoms with Crippen molar-refractivity contribution in [2.24, 2.45) is 10.7 Å². The van der Waals surface area contributed by atoms with Crippen LogP contribution >= 0.6 is 23.4 Å². The van der Waals surface area contributed by atoms with E-state index in [4.69, 9.17) is 17.3 Å². The van der Waals surface area contributed by atoms with E-state index < -0.39 is 11.7 Å². The molecule has 8 nitrogen and oxygen atoms in total. The number of likely N-dealkylation sites (tertiary alicyclic amines) is 1. The van der Waals surface area contributed by atoms with Crippen LogP contribution in [0.1, 0.15) is 23.1 Å². The molecule has 2 N–H and O–H groups in total. The van der Waals surface area contributed by atoms with Gasteiger partial charge in [0.25, 0.3) is 5.91 Å². The van der Waals surface area contributed by atoms with Gasteiger partial charge in [-0.3, -0.25) is 19.2 Å². The number of halogens is 4. The maximum atomic E-state index is 13.5. The summed E-state index contributed by atoms with van der Waals surface area (Å²) in [5.41, 5.74) is 5.96. The van der Waals surface area contributed by atoms with Gasteiger partial charge in [-0.05, 0) is 59.7 Å². The van der Waals surface area contributed by atoms with E-state index in [1.54, 1.807) is 24.4 Å². The van der Waals surface area contributed by atoms with E-state index in [1.807, 2.05) is 22.9 Å². The molecule has 0 saturated carbocycles. The second-order valence-electron chi connectivity index (χ2n) is 9.48. The van der Waals surface area contributed by atoms with Gasteiger partial charge in [0.2, 0.25) is 5.91 Å². The molecule has 2 aliphatic rings. The first-order valence-electron chi connectivity index (χ1n) is 12.0. The van der Waals surface area contributed by atoms with Crippen LogP contribution in [0.5, 0.6) is 0 Å². The predicted molar refractivity (Wildman–Crippen MR) is 145 cm³/mol. The topological polar surface area (TPSA) is 96.8 Å². The summed E-state index contributed by atoms with van der Waals surface area (Å²) < 4.78 is 42.1. The Kier molecular flexibility index (Phi) is 7.45. The standard InChI is InChI=1S/C26H24ClF3N6O2S/c1-34(19-6-7-35(13-19)14-23(31)37)25-33-24(38)22(39-25)9-15-2-5-21-17(8-15)11-32-36(21)12-16-3-4-18(27)10-20(16)26(28,29)30/h2-5,8-11,19H,6-7,12-14H2,1H3,(H2,31,37)/b22-9-. The number of hydrogen-bond acceptors (Lipinski definition) is 6. The lowest BCUT2D eigenvalue weighted by atomic mass is 10.1. The maximum absolute atomic E-state index is 13.5. The summed E-state index contributed by atoms with van der Waals surface area (Å²) >= 11 is 7.08. The lowest BCUT2D eigenvalue weighted by Crippen LogP contribution is -2.39. The lowest BCUT2D eigenvalue weighted by molar-refractivity contribution is -0.138. The molecule has 0 radical (unpaired) electrons. The van der Waals surface area contributed by atoms with E-state index in [9.17, 15) is 22.8 Å². The third-order valence-corrected chi connectivity index (χ3v) is 8.06. The fraction of sp³-hybridized carbons (Fsp3) is 0.308. The number of primary amides is 1. The predicted octanol–water partition coefficient (Wildman–Crippen LogP) is 4.22. The smallest absolute Gasteiger partial charge is 0.369 e. The average Bonchev–Trinajstić information content (AvgIpc) is 3.58. The van der Waals surface area contributed by atoms with E-state index in [2.05, 4.69) is 10.1 Å². The van der Waals surface area contributed by atoms with Crippen molar-refractivity contribution in [3.8, 4) is 0 Å². The number of thioether (sulfide) groups is 1. The molecule has 3 aromatic rings. The Balaban J connectivity index is 1.30. The molecule has 5 rings (SSSR count). The molecule has 2 amide bonds. The number of aromatic nitrogens is 2. The van der Waals surface area contributed by atoms with Gasteiger partial charge in [0.05, 0.1) is 35.3 Å². The summed E-state index contributed by atoms with van der Waals surface area (Å²) in [6.07, 6.45) is -0.387. The molecule has 1 aromatic heterocycles. The first-order chi connectivity index (χ1) is 18.5. The number of rotatable bonds is 6. The Labute approximate surface area is 231 Å². The molecular weight excluding hydrogens is 553 g/mol. The monoisotopic (exact) mass is 576 g/mol. The van der Waals surface area contributed by atoms with Gasteiger partial charge in [-0.1, -0.05) is 23.7 Å². The molecule has 2 aliphatic heterocycles. The van der Waals surface area contributed by atoms with Crippen molar-refractivity contribution in [2.45, 2.75) is 25.2 Å². The normalized spacial score (nSPS) is 19.3. The number of likely N-dealkylation sites (N-methyl/N-ethyl adjacent to an activating group) is 1. The van der Waals surface area contributed by atoms with Crippen LogP contribution in [0, 0.1) is 0 Å². The molecule has 39 heavy (non-hydrogen) atoms. The van der Waals surface area contributed by atoms with Crippen molar-refractivity contribution >= 4 is 57.3 Å². The molecule has 1 atom stereocenters. The van der Waals surface area contributed by atoms with Crippen LogP contribution in [0.3, 0.4) is 0 Å². The first-order valence-corrected chi connectivity index (χ1v) is 13.2. The molecular formula is C26H24ClF3N6O2S. The number of carbonyl (C=O) groups is 2. The number of alkyl halides is 3. The summed E-state index contributed by atoms with van der Waals surface area (Å²) in [5, 5.41) is 5.62. The van der Waals surface area contributed by atoms with Crippen LogP contribution < -0.4 is 5.73 Å². The van der Waals surface area contributed by atoms with Crippen molar-refractivity contribution in [1.82, 2.24) is 19.6 Å². The number of aliphatic imine (C=N–C) groups is 1. The van der Waals surface area contributed by atoms with Crippen LogP contribution in [-0.2, 0) is 22.3 Å². The van der Waals surface area contributed by atoms with Crippen LogP contribution in [0.2, 0.25) is 5.02 Å². The van der Waals surface area contributed by atoms with Crippen LogP contribution in [0.15, 0.2) is 52.5 Å². The summed E-state index contributed by atoms with van der Waals surface area (Å²) in [5.74, 6) is -0.711. The second kappa shape index (κ2) is 10.7. The van der Waals surface area contributed by atoms with Crippen LogP contribution in [0.25, 0.3) is 17.0 Å². The van der Waals surface area contributed by atoms with Gasteiger partial charge in [0.1, 0.15) is 0 Å². The van der Waals surface area contributed by atoms with Gasteiger partial charge < -0.3 is 10.6 Å². The number of nitrogens with two attached hydrogens (primary N) is 1. The number of hydrogen-bond donors (Lipinski definition) is 1. The Morgan fingerprint density at radius 1 is 1.28 bits per heavy atom. The molecule has 1 saturated heterocycles. The summed E-state index contributed by atoms with van der Waals surface area (Å²) in [4.78, 5) is 32.5. The van der Waals surface area contributed by atoms with Crippen LogP contribution in [-0.4, -0.2) is 69.3 Å². The molecule has 0 spiro atoms. The highest BCUT2D eigenvalue weighted by atomic mass is 35.5. The number of fused-ring (bicyclic) bond motifs is 1. The molecule has 0 aliphatic carbocycles. The number of carbonyl (C=O) groups excluding carboxylic acids is 2. The number of amides is 2. The fourth-order valence-electron chi connectivity index (χ4n) is 4.78. The van der Waals surface area contributed by atoms with Gasteiger partial charge in [-0.15, -0.1) is 0 Å². The minimum absolute atomic E-state index is 0.0139. The molecule has 3 heterocycles. The highest BCUT2D eigenvalue weighted by Crippen LogP contribution is 2.35. The molecule has 2 aromatic carbocycles. The lowest BCUT2D eigenvalue weighted by Gasteiger charge is -2.25. The third-order valence-electron chi connectivity index (χ3n) is 6.75. The fourth-order valence-corrected chi connectivity index (χ4v) is 5.90. The molecule has 204 valence electrons. The van der Waals surface area contributed by atoms with Gasteiger partial charge >= 0.3 is 6.18 Å². The Bertz CT molecular complexity index is 1520. The van der Waals surface area contributed by atoms with E-state index in [0.717, 1.165) is 30.0 Å². The zero-order chi connectivity index (χ0) is 27.9. The summed E-state index contributed by atoms with van der Waals surface area (Å²) in [6.45, 7) is 1.53. The van der Waals surface area contributed by atoms with Crippen molar-refractivity contribution in [3.05, 3.63) is 69.2 Å². The summed E-state index contributed by atoms with van der Waals surface area (Å²) in [7, 11) is 1.88. The highest BCUT2D eigenvalue weighted by molar-refractivity contribution is 8.18. The SMILES string of the molecule is CN(C1=NC(=O)/C(=C/c2ccc3c(cnn3Cc3ccc(Cl)cc3C(F)(F)F)c2)S1)C1CCN(CC(N)=O)C1. The largest absolute Gasteiger partial charge is 0.416 e. The van der Waals surface area contributed by atoms with Gasteiger partial charge in [-0.25, -0.2) is 0 Å². The zero-order valence-corrected chi connectivity index (χ0v) is 22.4. The number of amidine groups is 1. The summed E-state index contributed by atoms with van der Waals surface area (Å²) in [6, 6.07) is 9.19. The number of benzene rings is 2. The average molecular weight is 577 g/mol. The number of nitrogens with zero attached hydrogens (tertiary/aromatic N) is 5. The molecule has 13 heteroatoms. The Hall–Kier alpha value is -3.35. The highest BCUT2D eigenvalue weighted by Gasteiger charge is 2.34. The third kappa shape index (κ3) is 5.97. The Morgan fingerprint density at radius 2 is 2.08 bits per heavy atom. The van der Waals surface area contributed by atoms with Gasteiger partial charge in [0.15, 0.2) is 5.17 Å². The van der Waals surface area contributed by atoms with Crippen molar-refractivity contribution in [2.75, 3.05) is 26.7 Å². The van der Waals surface area contributed by atoms with Crippen molar-refractivity contribution in [1.29, 1.82) is 0 Å². The molecule has 1 fully saturated rings. The van der Waals surface area contributed by atoms with Crippen molar-refractivity contribution in [3.63, 3.8) is 0 Å². The maximum Gasteiger partial charge on any atom is 0.416 e. The molecule has 0 bridgehead atoms. The minimum atomic E-state index is -4.54. The van der Waals surface area contributed by atoms with Gasteiger partial charge in [0, 0.05) is 36.6 Å². The van der Waals surface area contributed by atoms with E-state index in [-0.39, 0.29) is 41.5 Å². The Morgan fingerprint density at radius 3 is 2.82 bits per heavy atom. The van der Waals surface area contributed by atoms with Crippen molar-refractivity contribution < 1.29 is 22.8 Å². The van der Waals surface area contributed by atoms with E-state index in [1.165, 1.54) is 28.6 Å². The minimum Gasteiger partial charge on any atom is -0.369 e. The zero-order valence-electron chi connectivity index (χ0n) is 20.8. The first kappa shape index (κ1) is 27.2. The second-order valence-corrected chi connectivity index (χ2v) is 10.9. The molecule has 1 unspecified atom stereocenters. The quantitative estimate of drug-likeness (QED) is 0.442.